The van der Waals surface area contributed by atoms with Crippen molar-refractivity contribution in [1.29, 1.82) is 0 Å². The van der Waals surface area contributed by atoms with Crippen LogP contribution in [0.15, 0.2) is 18.2 Å². The summed E-state index contributed by atoms with van der Waals surface area (Å²) in [7, 11) is 0. The molecule has 1 aromatic carbocycles. The van der Waals surface area contributed by atoms with E-state index in [4.69, 9.17) is 4.74 Å². The number of hydrogen-bond acceptors (Lipinski definition) is 3. The van der Waals surface area contributed by atoms with Gasteiger partial charge in [-0.15, -0.1) is 0 Å². The number of fused-ring (bicyclic) bond motifs is 1. The molecule has 3 rings (SSSR count). The van der Waals surface area contributed by atoms with E-state index in [-0.39, 0.29) is 5.41 Å². The SMILES string of the molecule is CC1(C)CCSCC1(O)c1ccc2c(c1)CCO2. The van der Waals surface area contributed by atoms with Crippen LogP contribution in [0.2, 0.25) is 0 Å². The molecule has 2 heterocycles. The largest absolute Gasteiger partial charge is 0.493 e. The summed E-state index contributed by atoms with van der Waals surface area (Å²) in [5.74, 6) is 2.92. The first kappa shape index (κ1) is 12.4. The molecular formula is C15H20O2S. The predicted molar refractivity (Wildman–Crippen MR) is 75.3 cm³/mol. The van der Waals surface area contributed by atoms with Crippen LogP contribution in [0.25, 0.3) is 0 Å². The Hall–Kier alpha value is -0.670. The van der Waals surface area contributed by atoms with Crippen molar-refractivity contribution in [3.63, 3.8) is 0 Å². The van der Waals surface area contributed by atoms with Gasteiger partial charge in [-0.3, -0.25) is 0 Å². The van der Waals surface area contributed by atoms with E-state index >= 15 is 0 Å². The molecule has 2 aliphatic rings. The molecule has 0 aliphatic carbocycles. The fraction of sp³-hybridized carbons (Fsp3) is 0.600. The zero-order chi connectivity index (χ0) is 12.8. The number of rotatable bonds is 1. The maximum atomic E-state index is 11.1. The molecule has 0 saturated carbocycles. The Balaban J connectivity index is 2.02. The Morgan fingerprint density at radius 1 is 1.33 bits per heavy atom. The van der Waals surface area contributed by atoms with E-state index in [0.717, 1.165) is 42.3 Å². The lowest BCUT2D eigenvalue weighted by Crippen LogP contribution is -2.47. The molecule has 0 aromatic heterocycles. The Morgan fingerprint density at radius 2 is 2.17 bits per heavy atom. The van der Waals surface area contributed by atoms with Gasteiger partial charge in [-0.1, -0.05) is 19.9 Å². The number of hydrogen-bond donors (Lipinski definition) is 1. The van der Waals surface area contributed by atoms with Crippen molar-refractivity contribution in [2.24, 2.45) is 5.41 Å². The van der Waals surface area contributed by atoms with E-state index in [1.165, 1.54) is 5.56 Å². The number of benzene rings is 1. The lowest BCUT2D eigenvalue weighted by atomic mass is 9.69. The zero-order valence-electron chi connectivity index (χ0n) is 11.0. The molecule has 0 amide bonds. The molecule has 2 nitrogen and oxygen atoms in total. The zero-order valence-corrected chi connectivity index (χ0v) is 11.8. The van der Waals surface area contributed by atoms with Gasteiger partial charge in [0.05, 0.1) is 6.61 Å². The first-order chi connectivity index (χ1) is 8.53. The molecule has 1 N–H and O–H groups in total. The van der Waals surface area contributed by atoms with Gasteiger partial charge in [0.1, 0.15) is 11.4 Å². The molecule has 0 spiro atoms. The molecule has 1 atom stereocenters. The number of thioether (sulfide) groups is 1. The quantitative estimate of drug-likeness (QED) is 0.845. The van der Waals surface area contributed by atoms with Crippen LogP contribution in [-0.4, -0.2) is 23.2 Å². The Morgan fingerprint density at radius 3 is 2.94 bits per heavy atom. The van der Waals surface area contributed by atoms with Gasteiger partial charge >= 0.3 is 0 Å². The van der Waals surface area contributed by atoms with Crippen LogP contribution < -0.4 is 4.74 Å². The minimum atomic E-state index is -0.715. The van der Waals surface area contributed by atoms with Crippen molar-refractivity contribution in [3.05, 3.63) is 29.3 Å². The minimum Gasteiger partial charge on any atom is -0.493 e. The molecular weight excluding hydrogens is 244 g/mol. The molecule has 1 fully saturated rings. The average molecular weight is 264 g/mol. The highest BCUT2D eigenvalue weighted by molar-refractivity contribution is 7.99. The molecule has 0 radical (unpaired) electrons. The van der Waals surface area contributed by atoms with Crippen molar-refractivity contribution >= 4 is 11.8 Å². The summed E-state index contributed by atoms with van der Waals surface area (Å²) < 4.78 is 5.54. The van der Waals surface area contributed by atoms with Crippen molar-refractivity contribution in [2.75, 3.05) is 18.1 Å². The highest BCUT2D eigenvalue weighted by Gasteiger charge is 2.47. The van der Waals surface area contributed by atoms with E-state index in [9.17, 15) is 5.11 Å². The lowest BCUT2D eigenvalue weighted by Gasteiger charge is -2.46. The first-order valence-electron chi connectivity index (χ1n) is 6.59. The molecule has 98 valence electrons. The highest BCUT2D eigenvalue weighted by atomic mass is 32.2. The molecule has 18 heavy (non-hydrogen) atoms. The summed E-state index contributed by atoms with van der Waals surface area (Å²) in [5.41, 5.74) is 1.52. The highest BCUT2D eigenvalue weighted by Crippen LogP contribution is 2.49. The van der Waals surface area contributed by atoms with Gasteiger partial charge in [-0.05, 0) is 40.8 Å². The monoisotopic (exact) mass is 264 g/mol. The van der Waals surface area contributed by atoms with Crippen LogP contribution in [0.4, 0.5) is 0 Å². The summed E-state index contributed by atoms with van der Waals surface area (Å²) in [6, 6.07) is 6.21. The molecule has 1 unspecified atom stereocenters. The van der Waals surface area contributed by atoms with E-state index in [1.807, 2.05) is 23.9 Å². The molecule has 3 heteroatoms. The summed E-state index contributed by atoms with van der Waals surface area (Å²) in [6.07, 6.45) is 2.02. The van der Waals surface area contributed by atoms with Crippen LogP contribution in [-0.2, 0) is 12.0 Å². The summed E-state index contributed by atoms with van der Waals surface area (Å²) >= 11 is 1.85. The second kappa shape index (κ2) is 4.17. The van der Waals surface area contributed by atoms with Gasteiger partial charge in [0.15, 0.2) is 0 Å². The maximum Gasteiger partial charge on any atom is 0.122 e. The fourth-order valence-corrected chi connectivity index (χ4v) is 4.52. The fourth-order valence-electron chi connectivity index (χ4n) is 2.87. The Bertz CT molecular complexity index is 470. The number of ether oxygens (including phenoxy) is 1. The molecule has 0 bridgehead atoms. The minimum absolute atomic E-state index is 0.0635. The predicted octanol–water partition coefficient (Wildman–Crippen LogP) is 2.97. The van der Waals surface area contributed by atoms with E-state index in [1.54, 1.807) is 0 Å². The number of aliphatic hydroxyl groups is 1. The second-order valence-corrected chi connectivity index (χ2v) is 7.07. The molecule has 1 saturated heterocycles. The van der Waals surface area contributed by atoms with Gasteiger partial charge in [-0.2, -0.15) is 11.8 Å². The van der Waals surface area contributed by atoms with Gasteiger partial charge in [0.25, 0.3) is 0 Å². The third-order valence-electron chi connectivity index (χ3n) is 4.47. The Labute approximate surface area is 113 Å². The summed E-state index contributed by atoms with van der Waals surface area (Å²) in [5, 5.41) is 11.1. The topological polar surface area (TPSA) is 29.5 Å². The third-order valence-corrected chi connectivity index (χ3v) is 5.58. The van der Waals surface area contributed by atoms with Crippen LogP contribution in [0.3, 0.4) is 0 Å². The average Bonchev–Trinajstić information content (AvgIpc) is 2.80. The maximum absolute atomic E-state index is 11.1. The first-order valence-corrected chi connectivity index (χ1v) is 7.75. The molecule has 1 aromatic rings. The summed E-state index contributed by atoms with van der Waals surface area (Å²) in [4.78, 5) is 0. The normalized spacial score (nSPS) is 29.7. The molecule has 2 aliphatic heterocycles. The van der Waals surface area contributed by atoms with Crippen LogP contribution in [0.5, 0.6) is 5.75 Å². The second-order valence-electron chi connectivity index (χ2n) is 5.97. The van der Waals surface area contributed by atoms with Crippen molar-refractivity contribution in [2.45, 2.75) is 32.3 Å². The smallest absolute Gasteiger partial charge is 0.122 e. The lowest BCUT2D eigenvalue weighted by molar-refractivity contribution is -0.0579. The van der Waals surface area contributed by atoms with Crippen LogP contribution in [0, 0.1) is 5.41 Å². The van der Waals surface area contributed by atoms with Crippen LogP contribution >= 0.6 is 11.8 Å². The van der Waals surface area contributed by atoms with E-state index in [2.05, 4.69) is 19.9 Å². The van der Waals surface area contributed by atoms with Crippen LogP contribution in [0.1, 0.15) is 31.4 Å². The third kappa shape index (κ3) is 1.76. The van der Waals surface area contributed by atoms with Crippen molar-refractivity contribution < 1.29 is 9.84 Å². The van der Waals surface area contributed by atoms with Gasteiger partial charge in [-0.25, -0.2) is 0 Å². The van der Waals surface area contributed by atoms with Crippen molar-refractivity contribution in [3.8, 4) is 5.75 Å². The van der Waals surface area contributed by atoms with Gasteiger partial charge in [0, 0.05) is 12.2 Å². The van der Waals surface area contributed by atoms with Crippen molar-refractivity contribution in [1.82, 2.24) is 0 Å². The van der Waals surface area contributed by atoms with Gasteiger partial charge < -0.3 is 9.84 Å². The standard InChI is InChI=1S/C15H20O2S/c1-14(2)6-8-18-10-15(14,16)12-3-4-13-11(9-12)5-7-17-13/h3-4,9,16H,5-8,10H2,1-2H3. The van der Waals surface area contributed by atoms with E-state index in [0.29, 0.717) is 0 Å². The summed E-state index contributed by atoms with van der Waals surface area (Å²) in [6.45, 7) is 5.13. The Kier molecular flexibility index (Phi) is 2.87. The van der Waals surface area contributed by atoms with Gasteiger partial charge in [0.2, 0.25) is 0 Å². The van der Waals surface area contributed by atoms with E-state index < -0.39 is 5.60 Å².